The normalized spacial score (nSPS) is 9.69. The highest BCUT2D eigenvalue weighted by Crippen LogP contribution is 2.11. The summed E-state index contributed by atoms with van der Waals surface area (Å²) in [6, 6.07) is 5.83. The average molecular weight is 181 g/mol. The van der Waals surface area contributed by atoms with Gasteiger partial charge in [-0.05, 0) is 29.8 Å². The van der Waals surface area contributed by atoms with Gasteiger partial charge in [-0.2, -0.15) is 0 Å². The molecule has 0 heterocycles. The second kappa shape index (κ2) is 4.62. The summed E-state index contributed by atoms with van der Waals surface area (Å²) >= 11 is 0. The van der Waals surface area contributed by atoms with Gasteiger partial charge in [-0.3, -0.25) is 0 Å². The van der Waals surface area contributed by atoms with Crippen LogP contribution in [-0.2, 0) is 0 Å². The van der Waals surface area contributed by atoms with Crippen LogP contribution < -0.4 is 10.5 Å². The maximum atomic E-state index is 12.5. The smallest absolute Gasteiger partial charge is 0.123 e. The highest BCUT2D eigenvalue weighted by molar-refractivity contribution is 5.22. The van der Waals surface area contributed by atoms with E-state index in [9.17, 15) is 4.39 Å². The zero-order valence-electron chi connectivity index (χ0n) is 7.29. The molecule has 1 aromatic rings. The molecule has 0 aromatic heterocycles. The Morgan fingerprint density at radius 3 is 2.54 bits per heavy atom. The predicted molar refractivity (Wildman–Crippen MR) is 50.1 cm³/mol. The largest absolute Gasteiger partial charge is 0.489 e. The lowest BCUT2D eigenvalue weighted by molar-refractivity contribution is 0.350. The summed E-state index contributed by atoms with van der Waals surface area (Å²) in [6.07, 6.45) is 0. The summed E-state index contributed by atoms with van der Waals surface area (Å²) < 4.78 is 17.7. The number of rotatable bonds is 4. The highest BCUT2D eigenvalue weighted by Gasteiger charge is 1.95. The lowest BCUT2D eigenvalue weighted by Crippen LogP contribution is -2.09. The Balaban J connectivity index is 2.46. The molecule has 0 unspecified atom stereocenters. The van der Waals surface area contributed by atoms with E-state index in [4.69, 9.17) is 10.5 Å². The molecular formula is C10H12FNO. The Morgan fingerprint density at radius 1 is 1.38 bits per heavy atom. The number of hydrogen-bond acceptors (Lipinski definition) is 2. The van der Waals surface area contributed by atoms with Crippen LogP contribution in [0.2, 0.25) is 0 Å². The van der Waals surface area contributed by atoms with Gasteiger partial charge in [-0.25, -0.2) is 4.39 Å². The third-order valence-corrected chi connectivity index (χ3v) is 1.55. The molecule has 0 saturated carbocycles. The quantitative estimate of drug-likeness (QED) is 0.718. The maximum Gasteiger partial charge on any atom is 0.123 e. The molecule has 0 amide bonds. The zero-order valence-corrected chi connectivity index (χ0v) is 7.29. The molecule has 0 radical (unpaired) electrons. The van der Waals surface area contributed by atoms with E-state index in [1.54, 1.807) is 12.1 Å². The van der Waals surface area contributed by atoms with Crippen molar-refractivity contribution in [1.82, 2.24) is 0 Å². The minimum absolute atomic E-state index is 0.273. The van der Waals surface area contributed by atoms with Gasteiger partial charge in [0.1, 0.15) is 18.2 Å². The third kappa shape index (κ3) is 3.25. The first kappa shape index (κ1) is 9.74. The first-order valence-electron chi connectivity index (χ1n) is 3.97. The van der Waals surface area contributed by atoms with E-state index >= 15 is 0 Å². The molecule has 1 rings (SSSR count). The van der Waals surface area contributed by atoms with Gasteiger partial charge in [0.05, 0.1) is 0 Å². The Hall–Kier alpha value is -1.35. The fourth-order valence-electron chi connectivity index (χ4n) is 0.775. The molecule has 0 saturated heterocycles. The Bertz CT molecular complexity index is 281. The van der Waals surface area contributed by atoms with Crippen LogP contribution in [0.3, 0.4) is 0 Å². The van der Waals surface area contributed by atoms with Crippen LogP contribution in [0, 0.1) is 5.82 Å². The molecule has 0 aliphatic carbocycles. The van der Waals surface area contributed by atoms with Gasteiger partial charge in [-0.15, -0.1) is 0 Å². The zero-order chi connectivity index (χ0) is 9.68. The molecule has 0 spiro atoms. The van der Waals surface area contributed by atoms with Crippen LogP contribution in [0.25, 0.3) is 0 Å². The van der Waals surface area contributed by atoms with E-state index < -0.39 is 0 Å². The second-order valence-electron chi connectivity index (χ2n) is 2.70. The number of ether oxygens (including phenoxy) is 1. The number of benzene rings is 1. The topological polar surface area (TPSA) is 35.2 Å². The molecule has 2 nitrogen and oxygen atoms in total. The molecule has 0 bridgehead atoms. The van der Waals surface area contributed by atoms with Crippen molar-refractivity contribution in [2.75, 3.05) is 13.2 Å². The van der Waals surface area contributed by atoms with E-state index in [-0.39, 0.29) is 5.82 Å². The molecule has 0 atom stereocenters. The van der Waals surface area contributed by atoms with Gasteiger partial charge in [0.25, 0.3) is 0 Å². The van der Waals surface area contributed by atoms with E-state index in [1.807, 2.05) is 0 Å². The maximum absolute atomic E-state index is 12.5. The monoisotopic (exact) mass is 181 g/mol. The summed E-state index contributed by atoms with van der Waals surface area (Å²) in [5.41, 5.74) is 6.13. The SMILES string of the molecule is C=C(CN)COc1ccc(F)cc1. The molecule has 0 aliphatic heterocycles. The predicted octanol–water partition coefficient (Wildman–Crippen LogP) is 1.72. The number of hydrogen-bond donors (Lipinski definition) is 1. The second-order valence-corrected chi connectivity index (χ2v) is 2.70. The Morgan fingerprint density at radius 2 is 2.00 bits per heavy atom. The van der Waals surface area contributed by atoms with E-state index in [1.165, 1.54) is 12.1 Å². The van der Waals surface area contributed by atoms with Crippen molar-refractivity contribution in [2.45, 2.75) is 0 Å². The summed E-state index contributed by atoms with van der Waals surface area (Å²) in [6.45, 7) is 4.46. The summed E-state index contributed by atoms with van der Waals surface area (Å²) in [5, 5.41) is 0. The molecule has 2 N–H and O–H groups in total. The fourth-order valence-corrected chi connectivity index (χ4v) is 0.775. The van der Waals surface area contributed by atoms with Crippen molar-refractivity contribution < 1.29 is 9.13 Å². The van der Waals surface area contributed by atoms with E-state index in [2.05, 4.69) is 6.58 Å². The molecule has 1 aromatic carbocycles. The average Bonchev–Trinajstić information content (AvgIpc) is 2.16. The van der Waals surface area contributed by atoms with E-state index in [0.29, 0.717) is 18.9 Å². The van der Waals surface area contributed by atoms with Crippen LogP contribution in [0.1, 0.15) is 0 Å². The van der Waals surface area contributed by atoms with Crippen LogP contribution >= 0.6 is 0 Å². The molecule has 3 heteroatoms. The molecular weight excluding hydrogens is 169 g/mol. The molecule has 13 heavy (non-hydrogen) atoms. The van der Waals surface area contributed by atoms with Crippen molar-refractivity contribution in [1.29, 1.82) is 0 Å². The highest BCUT2D eigenvalue weighted by atomic mass is 19.1. The third-order valence-electron chi connectivity index (χ3n) is 1.55. The van der Waals surface area contributed by atoms with Gasteiger partial charge in [-0.1, -0.05) is 6.58 Å². The lowest BCUT2D eigenvalue weighted by Gasteiger charge is -2.06. The van der Waals surface area contributed by atoms with Crippen LogP contribution in [0.4, 0.5) is 4.39 Å². The van der Waals surface area contributed by atoms with Gasteiger partial charge in [0.2, 0.25) is 0 Å². The van der Waals surface area contributed by atoms with Gasteiger partial charge < -0.3 is 10.5 Å². The Kier molecular flexibility index (Phi) is 3.46. The Labute approximate surface area is 76.8 Å². The summed E-state index contributed by atoms with van der Waals surface area (Å²) in [7, 11) is 0. The molecule has 0 fully saturated rings. The standard InChI is InChI=1S/C10H12FNO/c1-8(6-12)7-13-10-4-2-9(11)3-5-10/h2-5H,1,6-7,12H2. The van der Waals surface area contributed by atoms with Crippen molar-refractivity contribution in [3.63, 3.8) is 0 Å². The first-order valence-corrected chi connectivity index (χ1v) is 3.97. The van der Waals surface area contributed by atoms with Gasteiger partial charge in [0, 0.05) is 6.54 Å². The van der Waals surface area contributed by atoms with E-state index in [0.717, 1.165) is 5.57 Å². The van der Waals surface area contributed by atoms with Gasteiger partial charge >= 0.3 is 0 Å². The van der Waals surface area contributed by atoms with Crippen LogP contribution in [0.15, 0.2) is 36.4 Å². The summed E-state index contributed by atoms with van der Waals surface area (Å²) in [5.74, 6) is 0.348. The van der Waals surface area contributed by atoms with Crippen molar-refractivity contribution in [3.8, 4) is 5.75 Å². The number of nitrogens with two attached hydrogens (primary N) is 1. The minimum Gasteiger partial charge on any atom is -0.489 e. The molecule has 0 aliphatic rings. The fraction of sp³-hybridized carbons (Fsp3) is 0.200. The van der Waals surface area contributed by atoms with Crippen molar-refractivity contribution in [3.05, 3.63) is 42.2 Å². The van der Waals surface area contributed by atoms with Crippen molar-refractivity contribution >= 4 is 0 Å². The first-order chi connectivity index (χ1) is 6.22. The lowest BCUT2D eigenvalue weighted by atomic mass is 10.3. The van der Waals surface area contributed by atoms with Crippen molar-refractivity contribution in [2.24, 2.45) is 5.73 Å². The van der Waals surface area contributed by atoms with Crippen LogP contribution in [-0.4, -0.2) is 13.2 Å². The number of halogens is 1. The minimum atomic E-state index is -0.273. The molecule has 70 valence electrons. The van der Waals surface area contributed by atoms with Gasteiger partial charge in [0.15, 0.2) is 0 Å². The summed E-state index contributed by atoms with van der Waals surface area (Å²) in [4.78, 5) is 0. The van der Waals surface area contributed by atoms with Crippen LogP contribution in [0.5, 0.6) is 5.75 Å².